The van der Waals surface area contributed by atoms with Crippen molar-refractivity contribution in [2.45, 2.75) is 12.8 Å². The van der Waals surface area contributed by atoms with Crippen LogP contribution in [0.15, 0.2) is 24.3 Å². The number of aliphatic carboxylic acids is 1. The molecule has 2 amide bonds. The lowest BCUT2D eigenvalue weighted by atomic mass is 10.3. The molecule has 0 unspecified atom stereocenters. The maximum Gasteiger partial charge on any atom is 0.303 e. The molecule has 0 bridgehead atoms. The second-order valence-corrected chi connectivity index (χ2v) is 4.03. The number of benzene rings is 1. The van der Waals surface area contributed by atoms with Crippen LogP contribution in [0.4, 0.5) is 5.69 Å². The van der Waals surface area contributed by atoms with Crippen molar-refractivity contribution >= 4 is 23.5 Å². The van der Waals surface area contributed by atoms with Crippen molar-refractivity contribution in [2.75, 3.05) is 6.61 Å². The summed E-state index contributed by atoms with van der Waals surface area (Å²) in [6.07, 6.45) is -0.611. The Hall–Kier alpha value is -3.17. The zero-order chi connectivity index (χ0) is 16.5. The second kappa shape index (κ2) is 8.19. The summed E-state index contributed by atoms with van der Waals surface area (Å²) >= 11 is 0. The molecule has 0 aromatic heterocycles. The van der Waals surface area contributed by atoms with Crippen LogP contribution in [0.1, 0.15) is 12.8 Å². The molecular weight excluding hydrogens is 298 g/mol. The van der Waals surface area contributed by atoms with Crippen LogP contribution in [0.25, 0.3) is 0 Å². The number of rotatable bonds is 7. The third kappa shape index (κ3) is 6.32. The van der Waals surface area contributed by atoms with E-state index in [0.29, 0.717) is 0 Å². The zero-order valence-corrected chi connectivity index (χ0v) is 11.3. The van der Waals surface area contributed by atoms with Crippen molar-refractivity contribution < 1.29 is 29.2 Å². The van der Waals surface area contributed by atoms with Crippen LogP contribution in [0.5, 0.6) is 5.75 Å². The van der Waals surface area contributed by atoms with E-state index in [1.807, 2.05) is 10.9 Å². The Balaban J connectivity index is 2.29. The average molecular weight is 311 g/mol. The standard InChI is InChI=1S/C12H13N3O7/c16-10(5-6-12(18)19)13-14-11(17)7-22-9-3-1-8(2-4-9)15(20)21/h1-4H,5-7H2,(H,13,16)(H,14,17)(H,18,19). The molecule has 1 rings (SSSR count). The van der Waals surface area contributed by atoms with E-state index < -0.39 is 29.3 Å². The fraction of sp³-hybridized carbons (Fsp3) is 0.250. The van der Waals surface area contributed by atoms with Crippen molar-refractivity contribution in [3.63, 3.8) is 0 Å². The highest BCUT2D eigenvalue weighted by atomic mass is 16.6. The van der Waals surface area contributed by atoms with Gasteiger partial charge >= 0.3 is 5.97 Å². The van der Waals surface area contributed by atoms with Crippen LogP contribution >= 0.6 is 0 Å². The predicted molar refractivity (Wildman–Crippen MR) is 71.7 cm³/mol. The van der Waals surface area contributed by atoms with E-state index in [4.69, 9.17) is 9.84 Å². The molecule has 0 spiro atoms. The second-order valence-electron chi connectivity index (χ2n) is 4.03. The molecule has 0 fully saturated rings. The number of nitrogens with one attached hydrogen (secondary N) is 2. The van der Waals surface area contributed by atoms with E-state index in [1.54, 1.807) is 0 Å². The van der Waals surface area contributed by atoms with E-state index in [2.05, 4.69) is 0 Å². The lowest BCUT2D eigenvalue weighted by Crippen LogP contribution is -2.43. The Morgan fingerprint density at radius 3 is 2.23 bits per heavy atom. The number of nitrogens with zero attached hydrogens (tertiary/aromatic N) is 1. The van der Waals surface area contributed by atoms with Gasteiger partial charge in [-0.3, -0.25) is 35.3 Å². The molecule has 10 nitrogen and oxygen atoms in total. The molecule has 1 aromatic carbocycles. The van der Waals surface area contributed by atoms with Gasteiger partial charge in [-0.2, -0.15) is 0 Å². The molecular formula is C12H13N3O7. The summed E-state index contributed by atoms with van der Waals surface area (Å²) in [6, 6.07) is 5.11. The molecule has 0 aliphatic rings. The lowest BCUT2D eigenvalue weighted by Gasteiger charge is -2.08. The molecule has 3 N–H and O–H groups in total. The van der Waals surface area contributed by atoms with Crippen LogP contribution in [0, 0.1) is 10.1 Å². The third-order valence-corrected chi connectivity index (χ3v) is 2.32. The number of hydrogen-bond donors (Lipinski definition) is 3. The van der Waals surface area contributed by atoms with Gasteiger partial charge in [-0.05, 0) is 12.1 Å². The van der Waals surface area contributed by atoms with Crippen LogP contribution in [0.2, 0.25) is 0 Å². The first kappa shape index (κ1) is 16.9. The molecule has 0 radical (unpaired) electrons. The Bertz CT molecular complexity index is 571. The molecule has 0 atom stereocenters. The Morgan fingerprint density at radius 2 is 1.68 bits per heavy atom. The number of hydrazine groups is 1. The number of non-ortho nitro benzene ring substituents is 1. The highest BCUT2D eigenvalue weighted by Gasteiger charge is 2.08. The monoisotopic (exact) mass is 311 g/mol. The number of hydrogen-bond acceptors (Lipinski definition) is 6. The van der Waals surface area contributed by atoms with E-state index in [0.717, 1.165) is 0 Å². The minimum absolute atomic E-state index is 0.109. The van der Waals surface area contributed by atoms with E-state index >= 15 is 0 Å². The van der Waals surface area contributed by atoms with Gasteiger partial charge in [0.15, 0.2) is 6.61 Å². The molecule has 118 valence electrons. The van der Waals surface area contributed by atoms with Crippen LogP contribution < -0.4 is 15.6 Å². The van der Waals surface area contributed by atoms with Gasteiger partial charge in [-0.15, -0.1) is 0 Å². The average Bonchev–Trinajstić information content (AvgIpc) is 2.49. The quantitative estimate of drug-likeness (QED) is 0.473. The number of nitro benzene ring substituents is 1. The fourth-order valence-corrected chi connectivity index (χ4v) is 1.27. The predicted octanol–water partition coefficient (Wildman–Crippen LogP) is -0.0142. The zero-order valence-electron chi connectivity index (χ0n) is 11.3. The van der Waals surface area contributed by atoms with E-state index in [-0.39, 0.29) is 24.3 Å². The van der Waals surface area contributed by atoms with Crippen molar-refractivity contribution in [3.05, 3.63) is 34.4 Å². The maximum absolute atomic E-state index is 11.4. The number of carboxylic acid groups (broad SMARTS) is 1. The molecule has 1 aromatic rings. The fourth-order valence-electron chi connectivity index (χ4n) is 1.27. The summed E-state index contributed by atoms with van der Waals surface area (Å²) < 4.78 is 5.05. The number of ether oxygens (including phenoxy) is 1. The van der Waals surface area contributed by atoms with Crippen LogP contribution in [-0.2, 0) is 14.4 Å². The van der Waals surface area contributed by atoms with E-state index in [1.165, 1.54) is 24.3 Å². The smallest absolute Gasteiger partial charge is 0.303 e. The number of carboxylic acids is 1. The van der Waals surface area contributed by atoms with Gasteiger partial charge in [0.1, 0.15) is 5.75 Å². The van der Waals surface area contributed by atoms with Gasteiger partial charge in [-0.25, -0.2) is 0 Å². The SMILES string of the molecule is O=C(O)CCC(=O)NNC(=O)COc1ccc([N+](=O)[O-])cc1. The molecule has 0 aliphatic heterocycles. The Kier molecular flexibility index (Phi) is 6.29. The minimum atomic E-state index is -1.12. The van der Waals surface area contributed by atoms with Crippen molar-refractivity contribution in [3.8, 4) is 5.75 Å². The highest BCUT2D eigenvalue weighted by Crippen LogP contribution is 2.16. The number of carbonyl (C=O) groups excluding carboxylic acids is 2. The normalized spacial score (nSPS) is 9.64. The summed E-state index contributed by atoms with van der Waals surface area (Å²) in [6.45, 7) is -0.420. The summed E-state index contributed by atoms with van der Waals surface area (Å²) in [5.74, 6) is -2.19. The first-order valence-corrected chi connectivity index (χ1v) is 6.05. The summed E-state index contributed by atoms with van der Waals surface area (Å²) in [5.41, 5.74) is 3.96. The van der Waals surface area contributed by atoms with Gasteiger partial charge in [0.05, 0.1) is 11.3 Å². The third-order valence-electron chi connectivity index (χ3n) is 2.32. The van der Waals surface area contributed by atoms with Gasteiger partial charge in [0.2, 0.25) is 5.91 Å². The van der Waals surface area contributed by atoms with Crippen molar-refractivity contribution in [2.24, 2.45) is 0 Å². The first-order chi connectivity index (χ1) is 10.4. The van der Waals surface area contributed by atoms with Gasteiger partial charge < -0.3 is 9.84 Å². The van der Waals surface area contributed by atoms with Crippen molar-refractivity contribution in [1.82, 2.24) is 10.9 Å². The Labute approximate surface area is 124 Å². The molecule has 0 saturated heterocycles. The molecule has 10 heteroatoms. The molecule has 0 aliphatic carbocycles. The summed E-state index contributed by atoms with van der Waals surface area (Å²) in [5, 5.41) is 18.8. The molecule has 0 heterocycles. The van der Waals surface area contributed by atoms with Gasteiger partial charge in [0, 0.05) is 18.6 Å². The van der Waals surface area contributed by atoms with Gasteiger partial charge in [-0.1, -0.05) is 0 Å². The van der Waals surface area contributed by atoms with E-state index in [9.17, 15) is 24.5 Å². The number of nitro groups is 1. The lowest BCUT2D eigenvalue weighted by molar-refractivity contribution is -0.384. The highest BCUT2D eigenvalue weighted by molar-refractivity contribution is 5.84. The summed E-state index contributed by atoms with van der Waals surface area (Å²) in [4.78, 5) is 42.6. The number of amides is 2. The van der Waals surface area contributed by atoms with Crippen LogP contribution in [-0.4, -0.2) is 34.4 Å². The molecule has 22 heavy (non-hydrogen) atoms. The largest absolute Gasteiger partial charge is 0.484 e. The number of carbonyl (C=O) groups is 3. The van der Waals surface area contributed by atoms with Gasteiger partial charge in [0.25, 0.3) is 11.6 Å². The first-order valence-electron chi connectivity index (χ1n) is 6.05. The maximum atomic E-state index is 11.4. The summed E-state index contributed by atoms with van der Waals surface area (Å²) in [7, 11) is 0. The topological polar surface area (TPSA) is 148 Å². The Morgan fingerprint density at radius 1 is 1.09 bits per heavy atom. The molecule has 0 saturated carbocycles. The minimum Gasteiger partial charge on any atom is -0.484 e. The van der Waals surface area contributed by atoms with Crippen molar-refractivity contribution in [1.29, 1.82) is 0 Å². The van der Waals surface area contributed by atoms with Crippen LogP contribution in [0.3, 0.4) is 0 Å².